The van der Waals surface area contributed by atoms with Gasteiger partial charge in [0.05, 0.1) is 5.71 Å². The molecule has 0 aliphatic heterocycles. The van der Waals surface area contributed by atoms with Gasteiger partial charge in [-0.2, -0.15) is 5.10 Å². The number of nitrogens with one attached hydrogen (secondary N) is 1. The summed E-state index contributed by atoms with van der Waals surface area (Å²) in [5.41, 5.74) is 7.95. The molecule has 0 unspecified atom stereocenters. The summed E-state index contributed by atoms with van der Waals surface area (Å²) in [5.74, 6) is 0.00376. The Balaban J connectivity index is 1.90. The number of hydrazone groups is 1. The summed E-state index contributed by atoms with van der Waals surface area (Å²) < 4.78 is 0. The number of carbonyl (C=O) groups excluding carboxylic acids is 1. The maximum absolute atomic E-state index is 12.3. The molecule has 0 fully saturated rings. The van der Waals surface area contributed by atoms with E-state index in [0.29, 0.717) is 5.56 Å². The van der Waals surface area contributed by atoms with Gasteiger partial charge in [-0.1, -0.05) is 24.3 Å². The Hall–Kier alpha value is -2.62. The van der Waals surface area contributed by atoms with Crippen molar-refractivity contribution in [1.29, 1.82) is 0 Å². The number of aromatic hydroxyl groups is 1. The van der Waals surface area contributed by atoms with Gasteiger partial charge in [-0.05, 0) is 61.9 Å². The van der Waals surface area contributed by atoms with Crippen molar-refractivity contribution in [2.45, 2.75) is 33.1 Å². The van der Waals surface area contributed by atoms with Crippen molar-refractivity contribution < 1.29 is 9.90 Å². The summed E-state index contributed by atoms with van der Waals surface area (Å²) in [5, 5.41) is 14.5. The van der Waals surface area contributed by atoms with Crippen molar-refractivity contribution in [3.8, 4) is 5.75 Å². The van der Waals surface area contributed by atoms with Gasteiger partial charge in [-0.3, -0.25) is 4.79 Å². The lowest BCUT2D eigenvalue weighted by Gasteiger charge is -2.21. The molecular weight excluding hydrogens is 288 g/mol. The Labute approximate surface area is 135 Å². The molecule has 4 heteroatoms. The Bertz CT molecular complexity index is 794. The largest absolute Gasteiger partial charge is 0.507 e. The Kier molecular flexibility index (Phi) is 4.15. The average molecular weight is 308 g/mol. The van der Waals surface area contributed by atoms with Crippen molar-refractivity contribution in [2.24, 2.45) is 5.10 Å². The molecule has 1 aliphatic carbocycles. The molecule has 0 saturated heterocycles. The third-order valence-corrected chi connectivity index (χ3v) is 4.34. The van der Waals surface area contributed by atoms with Crippen molar-refractivity contribution in [1.82, 2.24) is 5.43 Å². The van der Waals surface area contributed by atoms with Gasteiger partial charge in [0.15, 0.2) is 0 Å². The van der Waals surface area contributed by atoms with Crippen LogP contribution in [0.2, 0.25) is 0 Å². The summed E-state index contributed by atoms with van der Waals surface area (Å²) in [6.07, 6.45) is 2.65. The number of carbonyl (C=O) groups is 1. The Morgan fingerprint density at radius 3 is 2.65 bits per heavy atom. The number of hydrogen-bond donors (Lipinski definition) is 2. The fourth-order valence-electron chi connectivity index (χ4n) is 3.06. The molecule has 0 spiro atoms. The number of phenolic OH excluding ortho intramolecular Hbond substituents is 1. The smallest absolute Gasteiger partial charge is 0.271 e. The topological polar surface area (TPSA) is 61.7 Å². The van der Waals surface area contributed by atoms with Gasteiger partial charge in [0.25, 0.3) is 5.91 Å². The zero-order valence-electron chi connectivity index (χ0n) is 13.4. The predicted octanol–water partition coefficient (Wildman–Crippen LogP) is 3.48. The molecule has 2 aromatic rings. The van der Waals surface area contributed by atoms with E-state index in [4.69, 9.17) is 0 Å². The number of phenols is 1. The van der Waals surface area contributed by atoms with Crippen LogP contribution in [-0.4, -0.2) is 16.7 Å². The molecule has 1 amide bonds. The standard InChI is InChI=1S/C19H20N2O2/c1-12-6-3-4-7-15(12)19(23)21-20-16-9-5-8-14-13(2)10-11-17(22)18(14)16/h3-4,6-7,10-11,22H,5,8-9H2,1-2H3,(H,21,23)/b20-16+. The van der Waals surface area contributed by atoms with E-state index < -0.39 is 0 Å². The summed E-state index contributed by atoms with van der Waals surface area (Å²) in [6, 6.07) is 11.0. The number of rotatable bonds is 2. The van der Waals surface area contributed by atoms with E-state index in [-0.39, 0.29) is 11.7 Å². The second kappa shape index (κ2) is 6.24. The number of fused-ring (bicyclic) bond motifs is 1. The quantitative estimate of drug-likeness (QED) is 0.834. The van der Waals surface area contributed by atoms with E-state index in [9.17, 15) is 9.90 Å². The lowest BCUT2D eigenvalue weighted by atomic mass is 9.86. The van der Waals surface area contributed by atoms with E-state index in [1.54, 1.807) is 12.1 Å². The molecule has 4 nitrogen and oxygen atoms in total. The molecular formula is C19H20N2O2. The molecule has 23 heavy (non-hydrogen) atoms. The highest BCUT2D eigenvalue weighted by Crippen LogP contribution is 2.31. The number of hydrogen-bond acceptors (Lipinski definition) is 3. The third-order valence-electron chi connectivity index (χ3n) is 4.34. The van der Waals surface area contributed by atoms with Crippen LogP contribution in [0.5, 0.6) is 5.75 Å². The van der Waals surface area contributed by atoms with E-state index in [0.717, 1.165) is 47.2 Å². The van der Waals surface area contributed by atoms with Crippen LogP contribution in [0, 0.1) is 13.8 Å². The molecule has 2 aromatic carbocycles. The molecule has 2 N–H and O–H groups in total. The van der Waals surface area contributed by atoms with E-state index in [1.807, 2.05) is 38.1 Å². The molecule has 0 radical (unpaired) electrons. The highest BCUT2D eigenvalue weighted by molar-refractivity contribution is 6.06. The number of benzene rings is 2. The van der Waals surface area contributed by atoms with Gasteiger partial charge in [0, 0.05) is 11.1 Å². The predicted molar refractivity (Wildman–Crippen MR) is 91.0 cm³/mol. The second-order valence-corrected chi connectivity index (χ2v) is 5.92. The fourth-order valence-corrected chi connectivity index (χ4v) is 3.06. The first-order valence-electron chi connectivity index (χ1n) is 7.82. The van der Waals surface area contributed by atoms with Gasteiger partial charge in [-0.25, -0.2) is 5.43 Å². The normalized spacial score (nSPS) is 15.3. The maximum atomic E-state index is 12.3. The summed E-state index contributed by atoms with van der Waals surface area (Å²) >= 11 is 0. The first-order valence-corrected chi connectivity index (χ1v) is 7.82. The van der Waals surface area contributed by atoms with Crippen molar-refractivity contribution in [3.63, 3.8) is 0 Å². The van der Waals surface area contributed by atoms with Crippen molar-refractivity contribution in [3.05, 3.63) is 64.2 Å². The minimum absolute atomic E-state index is 0.227. The zero-order valence-corrected chi connectivity index (χ0v) is 13.4. The maximum Gasteiger partial charge on any atom is 0.271 e. The Morgan fingerprint density at radius 1 is 1.09 bits per heavy atom. The van der Waals surface area contributed by atoms with E-state index in [2.05, 4.69) is 10.5 Å². The van der Waals surface area contributed by atoms with Crippen LogP contribution in [0.4, 0.5) is 0 Å². The van der Waals surface area contributed by atoms with Gasteiger partial charge in [0.1, 0.15) is 5.75 Å². The molecule has 118 valence electrons. The molecule has 0 atom stereocenters. The van der Waals surface area contributed by atoms with Crippen LogP contribution < -0.4 is 5.43 Å². The summed E-state index contributed by atoms with van der Waals surface area (Å²) in [7, 11) is 0. The minimum atomic E-state index is -0.227. The van der Waals surface area contributed by atoms with E-state index in [1.165, 1.54) is 0 Å². The number of amides is 1. The Morgan fingerprint density at radius 2 is 1.87 bits per heavy atom. The number of nitrogens with zero attached hydrogens (tertiary/aromatic N) is 1. The van der Waals surface area contributed by atoms with Crippen LogP contribution in [0.3, 0.4) is 0 Å². The first-order chi connectivity index (χ1) is 11.1. The molecule has 1 aliphatic rings. The van der Waals surface area contributed by atoms with Gasteiger partial charge in [-0.15, -0.1) is 0 Å². The third kappa shape index (κ3) is 2.97. The SMILES string of the molecule is Cc1ccccc1C(=O)N/N=C1\CCCc2c(C)ccc(O)c21. The molecule has 3 rings (SSSR count). The average Bonchev–Trinajstić information content (AvgIpc) is 2.56. The van der Waals surface area contributed by atoms with Crippen LogP contribution in [-0.2, 0) is 6.42 Å². The highest BCUT2D eigenvalue weighted by Gasteiger charge is 2.21. The van der Waals surface area contributed by atoms with Gasteiger partial charge < -0.3 is 5.11 Å². The van der Waals surface area contributed by atoms with E-state index >= 15 is 0 Å². The summed E-state index contributed by atoms with van der Waals surface area (Å²) in [6.45, 7) is 3.93. The van der Waals surface area contributed by atoms with Gasteiger partial charge in [0.2, 0.25) is 0 Å². The monoisotopic (exact) mass is 308 g/mol. The fraction of sp³-hybridized carbons (Fsp3) is 0.263. The molecule has 0 heterocycles. The van der Waals surface area contributed by atoms with Crippen LogP contribution in [0.25, 0.3) is 0 Å². The van der Waals surface area contributed by atoms with Crippen molar-refractivity contribution >= 4 is 11.6 Å². The second-order valence-electron chi connectivity index (χ2n) is 5.92. The van der Waals surface area contributed by atoms with Gasteiger partial charge >= 0.3 is 0 Å². The van der Waals surface area contributed by atoms with Crippen LogP contribution >= 0.6 is 0 Å². The molecule has 0 saturated carbocycles. The highest BCUT2D eigenvalue weighted by atomic mass is 16.3. The van der Waals surface area contributed by atoms with Crippen molar-refractivity contribution in [2.75, 3.05) is 0 Å². The molecule has 0 bridgehead atoms. The lowest BCUT2D eigenvalue weighted by molar-refractivity contribution is 0.0954. The summed E-state index contributed by atoms with van der Waals surface area (Å²) in [4.78, 5) is 12.3. The zero-order chi connectivity index (χ0) is 16.4. The lowest BCUT2D eigenvalue weighted by Crippen LogP contribution is -2.23. The van der Waals surface area contributed by atoms with Crippen LogP contribution in [0.15, 0.2) is 41.5 Å². The first kappa shape index (κ1) is 15.3. The number of aryl methyl sites for hydroxylation is 2. The minimum Gasteiger partial charge on any atom is -0.507 e. The van der Waals surface area contributed by atoms with Crippen LogP contribution in [0.1, 0.15) is 45.5 Å². The molecule has 0 aromatic heterocycles.